The molecule has 88 valence electrons. The SMILES string of the molecule is CC(C)(C)N(C(=O)O)[C@@H]1CCCC[C@H]1N. The van der Waals surface area contributed by atoms with Gasteiger partial charge in [-0.3, -0.25) is 4.90 Å². The molecule has 2 atom stereocenters. The Hall–Kier alpha value is -0.770. The van der Waals surface area contributed by atoms with E-state index in [-0.39, 0.29) is 17.6 Å². The van der Waals surface area contributed by atoms with Crippen LogP contribution in [0.2, 0.25) is 0 Å². The summed E-state index contributed by atoms with van der Waals surface area (Å²) in [6, 6.07) is -0.0228. The minimum absolute atomic E-state index is 0.00549. The molecule has 15 heavy (non-hydrogen) atoms. The van der Waals surface area contributed by atoms with Crippen LogP contribution in [-0.4, -0.2) is 33.7 Å². The molecule has 0 unspecified atom stereocenters. The van der Waals surface area contributed by atoms with Crippen LogP contribution in [0.4, 0.5) is 4.79 Å². The molecular weight excluding hydrogens is 192 g/mol. The fourth-order valence-corrected chi connectivity index (χ4v) is 2.39. The molecule has 0 aromatic rings. The van der Waals surface area contributed by atoms with Crippen LogP contribution in [0, 0.1) is 0 Å². The van der Waals surface area contributed by atoms with Crippen molar-refractivity contribution in [3.8, 4) is 0 Å². The molecular formula is C11H22N2O2. The number of hydrogen-bond acceptors (Lipinski definition) is 2. The van der Waals surface area contributed by atoms with Crippen molar-refractivity contribution in [3.63, 3.8) is 0 Å². The van der Waals surface area contributed by atoms with Crippen LogP contribution in [0.3, 0.4) is 0 Å². The Morgan fingerprint density at radius 1 is 1.33 bits per heavy atom. The van der Waals surface area contributed by atoms with Crippen molar-refractivity contribution >= 4 is 6.09 Å². The zero-order chi connectivity index (χ0) is 11.6. The van der Waals surface area contributed by atoms with Crippen LogP contribution in [0.5, 0.6) is 0 Å². The van der Waals surface area contributed by atoms with Crippen LogP contribution in [0.25, 0.3) is 0 Å². The van der Waals surface area contributed by atoms with Gasteiger partial charge in [-0.25, -0.2) is 4.79 Å². The van der Waals surface area contributed by atoms with E-state index >= 15 is 0 Å². The summed E-state index contributed by atoms with van der Waals surface area (Å²) in [7, 11) is 0. The van der Waals surface area contributed by atoms with Gasteiger partial charge in [0, 0.05) is 11.6 Å². The summed E-state index contributed by atoms with van der Waals surface area (Å²) in [5.41, 5.74) is 5.64. The highest BCUT2D eigenvalue weighted by atomic mass is 16.4. The summed E-state index contributed by atoms with van der Waals surface area (Å²) in [4.78, 5) is 12.8. The number of rotatable bonds is 1. The van der Waals surface area contributed by atoms with E-state index in [9.17, 15) is 9.90 Å². The molecule has 1 fully saturated rings. The van der Waals surface area contributed by atoms with E-state index < -0.39 is 6.09 Å². The van der Waals surface area contributed by atoms with Gasteiger partial charge in [0.25, 0.3) is 0 Å². The number of nitrogens with zero attached hydrogens (tertiary/aromatic N) is 1. The predicted molar refractivity (Wildman–Crippen MR) is 59.8 cm³/mol. The molecule has 0 radical (unpaired) electrons. The topological polar surface area (TPSA) is 66.6 Å². The first-order valence-electron chi connectivity index (χ1n) is 5.62. The summed E-state index contributed by atoms with van der Waals surface area (Å²) >= 11 is 0. The second-order valence-electron chi connectivity index (χ2n) is 5.34. The standard InChI is InChI=1S/C11H22N2O2/c1-11(2,3)13(10(14)15)9-7-5-4-6-8(9)12/h8-9H,4-7,12H2,1-3H3,(H,14,15)/t8-,9-/m1/s1. The third-order valence-electron chi connectivity index (χ3n) is 3.04. The number of nitrogens with two attached hydrogens (primary N) is 1. The molecule has 1 aliphatic rings. The molecule has 4 heteroatoms. The first kappa shape index (κ1) is 12.3. The third-order valence-corrected chi connectivity index (χ3v) is 3.04. The van der Waals surface area contributed by atoms with Gasteiger partial charge in [0.05, 0.1) is 6.04 Å². The minimum Gasteiger partial charge on any atom is -0.465 e. The lowest BCUT2D eigenvalue weighted by Crippen LogP contribution is -2.58. The number of hydrogen-bond donors (Lipinski definition) is 2. The Morgan fingerprint density at radius 2 is 1.87 bits per heavy atom. The summed E-state index contributed by atoms with van der Waals surface area (Å²) in [6.07, 6.45) is 3.17. The van der Waals surface area contributed by atoms with Crippen LogP contribution < -0.4 is 5.73 Å². The Morgan fingerprint density at radius 3 is 2.27 bits per heavy atom. The van der Waals surface area contributed by atoms with Gasteiger partial charge < -0.3 is 10.8 Å². The highest BCUT2D eigenvalue weighted by Crippen LogP contribution is 2.27. The van der Waals surface area contributed by atoms with E-state index in [2.05, 4.69) is 0 Å². The average molecular weight is 214 g/mol. The van der Waals surface area contributed by atoms with E-state index in [1.807, 2.05) is 20.8 Å². The van der Waals surface area contributed by atoms with Crippen molar-refractivity contribution in [1.82, 2.24) is 4.90 Å². The Labute approximate surface area is 91.4 Å². The third kappa shape index (κ3) is 2.84. The van der Waals surface area contributed by atoms with Crippen molar-refractivity contribution in [1.29, 1.82) is 0 Å². The molecule has 1 aliphatic carbocycles. The Bertz CT molecular complexity index is 235. The smallest absolute Gasteiger partial charge is 0.408 e. The van der Waals surface area contributed by atoms with Crippen LogP contribution in [0.1, 0.15) is 46.5 Å². The largest absolute Gasteiger partial charge is 0.465 e. The molecule has 0 saturated heterocycles. The normalized spacial score (nSPS) is 27.5. The average Bonchev–Trinajstić information content (AvgIpc) is 2.05. The molecule has 0 spiro atoms. The van der Waals surface area contributed by atoms with Gasteiger partial charge in [0.1, 0.15) is 0 Å². The molecule has 3 N–H and O–H groups in total. The molecule has 1 saturated carbocycles. The lowest BCUT2D eigenvalue weighted by Gasteiger charge is -2.44. The van der Waals surface area contributed by atoms with Crippen LogP contribution in [0.15, 0.2) is 0 Å². The fourth-order valence-electron chi connectivity index (χ4n) is 2.39. The highest BCUT2D eigenvalue weighted by Gasteiger charge is 2.37. The van der Waals surface area contributed by atoms with E-state index in [0.717, 1.165) is 25.7 Å². The van der Waals surface area contributed by atoms with E-state index in [4.69, 9.17) is 5.73 Å². The fraction of sp³-hybridized carbons (Fsp3) is 0.909. The number of carbonyl (C=O) groups is 1. The summed E-state index contributed by atoms with van der Waals surface area (Å²) in [5.74, 6) is 0. The van der Waals surface area contributed by atoms with Gasteiger partial charge in [-0.15, -0.1) is 0 Å². The number of carboxylic acid groups (broad SMARTS) is 1. The van der Waals surface area contributed by atoms with Crippen molar-refractivity contribution in [2.75, 3.05) is 0 Å². The molecule has 0 heterocycles. The molecule has 0 bridgehead atoms. The molecule has 0 aliphatic heterocycles. The van der Waals surface area contributed by atoms with E-state index in [1.54, 1.807) is 0 Å². The Balaban J connectivity index is 2.83. The van der Waals surface area contributed by atoms with E-state index in [1.165, 1.54) is 4.90 Å². The van der Waals surface area contributed by atoms with Crippen molar-refractivity contribution < 1.29 is 9.90 Å². The van der Waals surface area contributed by atoms with Gasteiger partial charge >= 0.3 is 6.09 Å². The molecule has 0 aromatic heterocycles. The van der Waals surface area contributed by atoms with Gasteiger partial charge in [-0.05, 0) is 33.6 Å². The van der Waals surface area contributed by atoms with Crippen LogP contribution >= 0.6 is 0 Å². The summed E-state index contributed by atoms with van der Waals surface area (Å²) in [5, 5.41) is 9.25. The zero-order valence-corrected chi connectivity index (χ0v) is 9.86. The zero-order valence-electron chi connectivity index (χ0n) is 9.86. The number of amides is 1. The molecule has 1 rings (SSSR count). The highest BCUT2D eigenvalue weighted by molar-refractivity contribution is 5.66. The maximum Gasteiger partial charge on any atom is 0.408 e. The van der Waals surface area contributed by atoms with Gasteiger partial charge in [-0.2, -0.15) is 0 Å². The molecule has 4 nitrogen and oxygen atoms in total. The molecule has 1 amide bonds. The van der Waals surface area contributed by atoms with Gasteiger partial charge in [0.2, 0.25) is 0 Å². The van der Waals surface area contributed by atoms with Crippen LogP contribution in [-0.2, 0) is 0 Å². The summed E-state index contributed by atoms with van der Waals surface area (Å²) < 4.78 is 0. The van der Waals surface area contributed by atoms with Crippen molar-refractivity contribution in [2.24, 2.45) is 5.73 Å². The van der Waals surface area contributed by atoms with Gasteiger partial charge in [-0.1, -0.05) is 12.8 Å². The van der Waals surface area contributed by atoms with Crippen molar-refractivity contribution in [3.05, 3.63) is 0 Å². The quantitative estimate of drug-likeness (QED) is 0.702. The first-order chi connectivity index (χ1) is 6.84. The van der Waals surface area contributed by atoms with Gasteiger partial charge in [0.15, 0.2) is 0 Å². The molecule has 0 aromatic carbocycles. The monoisotopic (exact) mass is 214 g/mol. The minimum atomic E-state index is -0.857. The van der Waals surface area contributed by atoms with Crippen molar-refractivity contribution in [2.45, 2.75) is 64.1 Å². The van der Waals surface area contributed by atoms with E-state index in [0.29, 0.717) is 0 Å². The second-order valence-corrected chi connectivity index (χ2v) is 5.34. The summed E-state index contributed by atoms with van der Waals surface area (Å²) in [6.45, 7) is 5.76. The predicted octanol–water partition coefficient (Wildman–Crippen LogP) is 2.03. The lowest BCUT2D eigenvalue weighted by atomic mass is 9.87. The lowest BCUT2D eigenvalue weighted by molar-refractivity contribution is 0.0491. The maximum atomic E-state index is 11.3. The maximum absolute atomic E-state index is 11.3. The second kappa shape index (κ2) is 4.39. The Kier molecular flexibility index (Phi) is 3.60. The first-order valence-corrected chi connectivity index (χ1v) is 5.62.